The summed E-state index contributed by atoms with van der Waals surface area (Å²) >= 11 is 0. The molecule has 1 aliphatic rings. The van der Waals surface area contributed by atoms with E-state index in [1.54, 1.807) is 20.3 Å². The molecule has 0 bridgehead atoms. The average molecular weight is 310 g/mol. The molecule has 7 heteroatoms. The molecule has 2 rings (SSSR count). The van der Waals surface area contributed by atoms with Crippen LogP contribution in [0.15, 0.2) is 12.3 Å². The van der Waals surface area contributed by atoms with Crippen LogP contribution >= 0.6 is 0 Å². The van der Waals surface area contributed by atoms with Crippen LogP contribution < -0.4 is 0 Å². The van der Waals surface area contributed by atoms with Crippen molar-refractivity contribution < 1.29 is 14.3 Å². The van der Waals surface area contributed by atoms with Crippen molar-refractivity contribution in [1.29, 1.82) is 0 Å². The molecule has 1 amide bonds. The van der Waals surface area contributed by atoms with Gasteiger partial charge < -0.3 is 14.4 Å². The van der Waals surface area contributed by atoms with E-state index >= 15 is 0 Å². The summed E-state index contributed by atoms with van der Waals surface area (Å²) in [5.41, 5.74) is 0.845. The summed E-state index contributed by atoms with van der Waals surface area (Å²) in [5, 5.41) is 6.96. The maximum atomic E-state index is 11.5. The van der Waals surface area contributed by atoms with Crippen LogP contribution in [0.1, 0.15) is 19.5 Å². The standard InChI is InChI=1S/C15H26N4O3/c1-15(2)11-19(7-12-5-6-16-17-12)8-13(22-15)9-21-10-14(20)18(3)4/h5-6,13H,7-11H2,1-4H3,(H,16,17)/t13-/m1/s1. The van der Waals surface area contributed by atoms with Gasteiger partial charge in [-0.1, -0.05) is 0 Å². The van der Waals surface area contributed by atoms with Gasteiger partial charge in [0, 0.05) is 45.6 Å². The van der Waals surface area contributed by atoms with Gasteiger partial charge in [-0.25, -0.2) is 0 Å². The minimum atomic E-state index is -0.238. The van der Waals surface area contributed by atoms with Gasteiger partial charge in [0.25, 0.3) is 0 Å². The lowest BCUT2D eigenvalue weighted by Crippen LogP contribution is -2.53. The average Bonchev–Trinajstić information content (AvgIpc) is 2.89. The highest BCUT2D eigenvalue weighted by Gasteiger charge is 2.33. The van der Waals surface area contributed by atoms with Crippen LogP contribution in [0.3, 0.4) is 0 Å². The summed E-state index contributed by atoms with van der Waals surface area (Å²) in [7, 11) is 3.44. The van der Waals surface area contributed by atoms with Gasteiger partial charge in [0.15, 0.2) is 0 Å². The van der Waals surface area contributed by atoms with Crippen LogP contribution in [0.4, 0.5) is 0 Å². The predicted octanol–water partition coefficient (Wildman–Crippen LogP) is 0.494. The minimum absolute atomic E-state index is 0.0376. The van der Waals surface area contributed by atoms with Gasteiger partial charge in [-0.2, -0.15) is 5.10 Å². The van der Waals surface area contributed by atoms with Crippen LogP contribution in [-0.2, 0) is 20.8 Å². The van der Waals surface area contributed by atoms with Gasteiger partial charge in [0.2, 0.25) is 5.91 Å². The lowest BCUT2D eigenvalue weighted by Gasteiger charge is -2.42. The van der Waals surface area contributed by atoms with Crippen molar-refractivity contribution in [3.63, 3.8) is 0 Å². The van der Waals surface area contributed by atoms with E-state index in [1.807, 2.05) is 6.07 Å². The summed E-state index contributed by atoms with van der Waals surface area (Å²) in [4.78, 5) is 15.4. The summed E-state index contributed by atoms with van der Waals surface area (Å²) in [5.74, 6) is -0.0376. The maximum absolute atomic E-state index is 11.5. The Hall–Kier alpha value is -1.44. The Kier molecular flexibility index (Phi) is 5.55. The van der Waals surface area contributed by atoms with Crippen molar-refractivity contribution in [1.82, 2.24) is 20.0 Å². The zero-order valence-corrected chi connectivity index (χ0v) is 13.8. The fourth-order valence-electron chi connectivity index (χ4n) is 2.64. The van der Waals surface area contributed by atoms with E-state index in [1.165, 1.54) is 4.90 Å². The molecule has 1 aromatic rings. The van der Waals surface area contributed by atoms with E-state index < -0.39 is 0 Å². The van der Waals surface area contributed by atoms with Crippen LogP contribution in [-0.4, -0.2) is 78.0 Å². The zero-order chi connectivity index (χ0) is 16.2. The summed E-state index contributed by atoms with van der Waals surface area (Å²) in [6.07, 6.45) is 1.72. The third-order valence-corrected chi connectivity index (χ3v) is 3.53. The fraction of sp³-hybridized carbons (Fsp3) is 0.733. The van der Waals surface area contributed by atoms with Crippen molar-refractivity contribution in [3.05, 3.63) is 18.0 Å². The third kappa shape index (κ3) is 5.08. The van der Waals surface area contributed by atoms with Gasteiger partial charge >= 0.3 is 0 Å². The van der Waals surface area contributed by atoms with Crippen molar-refractivity contribution in [2.24, 2.45) is 0 Å². The molecule has 0 aliphatic carbocycles. The molecular formula is C15H26N4O3. The largest absolute Gasteiger partial charge is 0.369 e. The first-order valence-corrected chi connectivity index (χ1v) is 7.52. The SMILES string of the molecule is CN(C)C(=O)COC[C@H]1CN(Cc2ccn[nH]2)CC(C)(C)O1. The Morgan fingerprint density at radius 3 is 3.00 bits per heavy atom. The Labute approximate surface area is 131 Å². The van der Waals surface area contributed by atoms with Crippen LogP contribution in [0.5, 0.6) is 0 Å². The number of nitrogens with zero attached hydrogens (tertiary/aromatic N) is 3. The van der Waals surface area contributed by atoms with E-state index in [9.17, 15) is 4.79 Å². The smallest absolute Gasteiger partial charge is 0.248 e. The number of H-pyrrole nitrogens is 1. The molecule has 0 radical (unpaired) electrons. The van der Waals surface area contributed by atoms with E-state index in [0.717, 1.165) is 25.3 Å². The lowest BCUT2D eigenvalue weighted by molar-refractivity contribution is -0.161. The molecule has 0 saturated carbocycles. The van der Waals surface area contributed by atoms with Crippen LogP contribution in [0, 0.1) is 0 Å². The highest BCUT2D eigenvalue weighted by Crippen LogP contribution is 2.22. The molecule has 1 N–H and O–H groups in total. The Morgan fingerprint density at radius 1 is 1.59 bits per heavy atom. The second kappa shape index (κ2) is 7.21. The number of aromatic amines is 1. The summed E-state index contributed by atoms with van der Waals surface area (Å²) in [6, 6.07) is 1.98. The minimum Gasteiger partial charge on any atom is -0.369 e. The molecule has 7 nitrogen and oxygen atoms in total. The Balaban J connectivity index is 1.84. The number of rotatable bonds is 6. The van der Waals surface area contributed by atoms with E-state index in [4.69, 9.17) is 9.47 Å². The van der Waals surface area contributed by atoms with E-state index in [-0.39, 0.29) is 24.2 Å². The van der Waals surface area contributed by atoms with E-state index in [0.29, 0.717) is 6.61 Å². The lowest BCUT2D eigenvalue weighted by atomic mass is 10.1. The van der Waals surface area contributed by atoms with Gasteiger partial charge in [0.1, 0.15) is 6.61 Å². The molecule has 0 aromatic carbocycles. The summed E-state index contributed by atoms with van der Waals surface area (Å²) < 4.78 is 11.6. The number of ether oxygens (including phenoxy) is 2. The maximum Gasteiger partial charge on any atom is 0.248 e. The van der Waals surface area contributed by atoms with Crippen molar-refractivity contribution in [2.45, 2.75) is 32.1 Å². The number of hydrogen-bond donors (Lipinski definition) is 1. The third-order valence-electron chi connectivity index (χ3n) is 3.53. The van der Waals surface area contributed by atoms with Gasteiger partial charge in [-0.05, 0) is 19.9 Å². The van der Waals surface area contributed by atoms with Gasteiger partial charge in [-0.3, -0.25) is 14.8 Å². The fourth-order valence-corrected chi connectivity index (χ4v) is 2.64. The topological polar surface area (TPSA) is 70.7 Å². The number of hydrogen-bond acceptors (Lipinski definition) is 5. The Bertz CT molecular complexity index is 473. The second-order valence-electron chi connectivity index (χ2n) is 6.55. The first kappa shape index (κ1) is 16.9. The summed E-state index contributed by atoms with van der Waals surface area (Å²) in [6.45, 7) is 7.09. The van der Waals surface area contributed by atoms with Crippen molar-refractivity contribution >= 4 is 5.91 Å². The molecule has 0 spiro atoms. The first-order chi connectivity index (χ1) is 10.4. The Morgan fingerprint density at radius 2 is 2.36 bits per heavy atom. The molecule has 2 heterocycles. The molecule has 1 fully saturated rings. The number of likely N-dealkylation sites (N-methyl/N-ethyl adjacent to an activating group) is 1. The molecule has 1 aromatic heterocycles. The molecule has 1 saturated heterocycles. The number of carbonyl (C=O) groups excluding carboxylic acids is 1. The predicted molar refractivity (Wildman–Crippen MR) is 82.3 cm³/mol. The molecule has 124 valence electrons. The molecule has 1 aliphatic heterocycles. The number of morpholine rings is 1. The number of amides is 1. The van der Waals surface area contributed by atoms with Crippen molar-refractivity contribution in [2.75, 3.05) is 40.4 Å². The highest BCUT2D eigenvalue weighted by atomic mass is 16.5. The second-order valence-corrected chi connectivity index (χ2v) is 6.55. The number of aromatic nitrogens is 2. The van der Waals surface area contributed by atoms with Crippen LogP contribution in [0.25, 0.3) is 0 Å². The molecular weight excluding hydrogens is 284 g/mol. The normalized spacial score (nSPS) is 21.7. The van der Waals surface area contributed by atoms with Gasteiger partial charge in [0.05, 0.1) is 18.3 Å². The monoisotopic (exact) mass is 310 g/mol. The zero-order valence-electron chi connectivity index (χ0n) is 13.8. The molecule has 22 heavy (non-hydrogen) atoms. The van der Waals surface area contributed by atoms with Gasteiger partial charge in [-0.15, -0.1) is 0 Å². The molecule has 1 atom stereocenters. The number of carbonyl (C=O) groups is 1. The van der Waals surface area contributed by atoms with Crippen molar-refractivity contribution in [3.8, 4) is 0 Å². The first-order valence-electron chi connectivity index (χ1n) is 7.52. The quantitative estimate of drug-likeness (QED) is 0.828. The highest BCUT2D eigenvalue weighted by molar-refractivity contribution is 5.76. The molecule has 0 unspecified atom stereocenters. The van der Waals surface area contributed by atoms with E-state index in [2.05, 4.69) is 28.9 Å². The number of nitrogens with one attached hydrogen (secondary N) is 1. The van der Waals surface area contributed by atoms with Crippen LogP contribution in [0.2, 0.25) is 0 Å².